The highest BCUT2D eigenvalue weighted by molar-refractivity contribution is 5.78. The summed E-state index contributed by atoms with van der Waals surface area (Å²) in [5.74, 6) is 1.74. The van der Waals surface area contributed by atoms with Crippen LogP contribution in [-0.4, -0.2) is 67.9 Å². The average Bonchev–Trinajstić information content (AvgIpc) is 2.73. The third-order valence-corrected chi connectivity index (χ3v) is 5.06. The van der Waals surface area contributed by atoms with E-state index < -0.39 is 0 Å². The number of carbonyl (C=O) groups excluding carboxylic acids is 1. The van der Waals surface area contributed by atoms with E-state index in [-0.39, 0.29) is 12.0 Å². The van der Waals surface area contributed by atoms with Crippen molar-refractivity contribution in [1.29, 1.82) is 0 Å². The van der Waals surface area contributed by atoms with Crippen LogP contribution in [0.25, 0.3) is 0 Å². The molecule has 0 aromatic heterocycles. The molecule has 1 atom stereocenters. The van der Waals surface area contributed by atoms with Gasteiger partial charge in [0.25, 0.3) is 0 Å². The summed E-state index contributed by atoms with van der Waals surface area (Å²) in [6.45, 7) is 4.32. The summed E-state index contributed by atoms with van der Waals surface area (Å²) in [6.07, 6.45) is -0.184. The number of hydrogen-bond donors (Lipinski definition) is 2. The fourth-order valence-corrected chi connectivity index (χ4v) is 3.53. The predicted octanol–water partition coefficient (Wildman–Crippen LogP) is 1.47. The van der Waals surface area contributed by atoms with Gasteiger partial charge in [-0.3, -0.25) is 9.69 Å². The van der Waals surface area contributed by atoms with Crippen molar-refractivity contribution >= 4 is 11.6 Å². The third kappa shape index (κ3) is 4.31. The molecule has 1 amide bonds. The Kier molecular flexibility index (Phi) is 5.53. The van der Waals surface area contributed by atoms with E-state index in [0.717, 1.165) is 37.6 Å². The molecule has 2 aliphatic rings. The van der Waals surface area contributed by atoms with Crippen molar-refractivity contribution < 1.29 is 19.4 Å². The number of hydrogen-bond acceptors (Lipinski definition) is 6. The topological polar surface area (TPSA) is 74.3 Å². The van der Waals surface area contributed by atoms with Gasteiger partial charge in [0.05, 0.1) is 18.8 Å². The number of anilines is 1. The van der Waals surface area contributed by atoms with Crippen LogP contribution in [0.2, 0.25) is 0 Å². The summed E-state index contributed by atoms with van der Waals surface area (Å²) in [6, 6.07) is 14.9. The molecule has 0 radical (unpaired) electrons. The minimum atomic E-state index is -0.184. The van der Waals surface area contributed by atoms with Gasteiger partial charge in [-0.15, -0.1) is 0 Å². The molecule has 0 spiro atoms. The van der Waals surface area contributed by atoms with Gasteiger partial charge in [-0.25, -0.2) is 0 Å². The van der Waals surface area contributed by atoms with Crippen LogP contribution in [0.15, 0.2) is 48.5 Å². The SMILES string of the molecule is O=C(CN1CCN(c2ccccc2O)CC1)NC[C@H]1COc2ccccc2O1. The first-order chi connectivity index (χ1) is 13.7. The van der Waals surface area contributed by atoms with Crippen molar-refractivity contribution in [3.05, 3.63) is 48.5 Å². The van der Waals surface area contributed by atoms with Crippen LogP contribution in [0.1, 0.15) is 0 Å². The Hall–Kier alpha value is -2.93. The number of benzene rings is 2. The Morgan fingerprint density at radius 2 is 1.75 bits per heavy atom. The fourth-order valence-electron chi connectivity index (χ4n) is 3.53. The first-order valence-corrected chi connectivity index (χ1v) is 9.59. The maximum absolute atomic E-state index is 12.3. The molecule has 2 heterocycles. The number of amides is 1. The molecular weight excluding hydrogens is 358 g/mol. The van der Waals surface area contributed by atoms with Crippen molar-refractivity contribution in [2.24, 2.45) is 0 Å². The van der Waals surface area contributed by atoms with Gasteiger partial charge < -0.3 is 24.8 Å². The van der Waals surface area contributed by atoms with E-state index in [2.05, 4.69) is 15.1 Å². The first kappa shape index (κ1) is 18.4. The molecule has 7 nitrogen and oxygen atoms in total. The molecular formula is C21H25N3O4. The summed E-state index contributed by atoms with van der Waals surface area (Å²) in [5.41, 5.74) is 0.848. The molecule has 0 aliphatic carbocycles. The second-order valence-electron chi connectivity index (χ2n) is 7.05. The van der Waals surface area contributed by atoms with E-state index in [4.69, 9.17) is 9.47 Å². The minimum absolute atomic E-state index is 0.0153. The molecule has 0 saturated carbocycles. The van der Waals surface area contributed by atoms with Gasteiger partial charge in [0.15, 0.2) is 11.5 Å². The quantitative estimate of drug-likeness (QED) is 0.815. The van der Waals surface area contributed by atoms with Crippen LogP contribution in [0.3, 0.4) is 0 Å². The zero-order valence-electron chi connectivity index (χ0n) is 15.7. The molecule has 4 rings (SSSR count). The normalized spacial score (nSPS) is 19.3. The van der Waals surface area contributed by atoms with Gasteiger partial charge in [0.1, 0.15) is 18.5 Å². The average molecular weight is 383 g/mol. The number of phenolic OH excluding ortho intramolecular Hbond substituents is 1. The van der Waals surface area contributed by atoms with Crippen molar-refractivity contribution in [1.82, 2.24) is 10.2 Å². The van der Waals surface area contributed by atoms with Crippen molar-refractivity contribution in [2.45, 2.75) is 6.10 Å². The smallest absolute Gasteiger partial charge is 0.234 e. The molecule has 1 saturated heterocycles. The number of para-hydroxylation sites is 4. The number of phenols is 1. The molecule has 7 heteroatoms. The summed E-state index contributed by atoms with van der Waals surface area (Å²) in [4.78, 5) is 16.6. The van der Waals surface area contributed by atoms with E-state index in [1.807, 2.05) is 42.5 Å². The predicted molar refractivity (Wildman–Crippen MR) is 106 cm³/mol. The second kappa shape index (κ2) is 8.39. The zero-order valence-corrected chi connectivity index (χ0v) is 15.7. The van der Waals surface area contributed by atoms with Crippen LogP contribution >= 0.6 is 0 Å². The number of nitrogens with one attached hydrogen (secondary N) is 1. The molecule has 2 aromatic rings. The van der Waals surface area contributed by atoms with E-state index in [0.29, 0.717) is 31.2 Å². The summed E-state index contributed by atoms with van der Waals surface area (Å²) in [7, 11) is 0. The molecule has 28 heavy (non-hydrogen) atoms. The third-order valence-electron chi connectivity index (χ3n) is 5.06. The lowest BCUT2D eigenvalue weighted by molar-refractivity contribution is -0.122. The summed E-state index contributed by atoms with van der Waals surface area (Å²) >= 11 is 0. The Balaban J connectivity index is 1.20. The zero-order chi connectivity index (χ0) is 19.3. The molecule has 2 N–H and O–H groups in total. The van der Waals surface area contributed by atoms with Crippen molar-refractivity contribution in [2.75, 3.05) is 50.8 Å². The number of nitrogens with zero attached hydrogens (tertiary/aromatic N) is 2. The fraction of sp³-hybridized carbons (Fsp3) is 0.381. The highest BCUT2D eigenvalue weighted by Crippen LogP contribution is 2.30. The number of rotatable bonds is 5. The lowest BCUT2D eigenvalue weighted by atomic mass is 10.2. The summed E-state index contributed by atoms with van der Waals surface area (Å²) in [5, 5.41) is 12.9. The largest absolute Gasteiger partial charge is 0.506 e. The molecule has 1 fully saturated rings. The Bertz CT molecular complexity index is 821. The van der Waals surface area contributed by atoms with Gasteiger partial charge in [-0.2, -0.15) is 0 Å². The van der Waals surface area contributed by atoms with E-state index in [1.54, 1.807) is 6.07 Å². The molecule has 2 aromatic carbocycles. The lowest BCUT2D eigenvalue weighted by Gasteiger charge is -2.36. The number of piperazine rings is 1. The van der Waals surface area contributed by atoms with E-state index in [9.17, 15) is 9.90 Å². The molecule has 148 valence electrons. The monoisotopic (exact) mass is 383 g/mol. The van der Waals surface area contributed by atoms with Crippen LogP contribution in [0, 0.1) is 0 Å². The van der Waals surface area contributed by atoms with Crippen LogP contribution in [0.5, 0.6) is 17.2 Å². The maximum atomic E-state index is 12.3. The first-order valence-electron chi connectivity index (χ1n) is 9.59. The highest BCUT2D eigenvalue weighted by atomic mass is 16.6. The van der Waals surface area contributed by atoms with Crippen LogP contribution in [-0.2, 0) is 4.79 Å². The van der Waals surface area contributed by atoms with Gasteiger partial charge in [-0.1, -0.05) is 24.3 Å². The summed E-state index contributed by atoms with van der Waals surface area (Å²) < 4.78 is 11.5. The Morgan fingerprint density at radius 3 is 2.54 bits per heavy atom. The standard InChI is InChI=1S/C21H25N3O4/c25-18-6-2-1-5-17(18)24-11-9-23(10-12-24)14-21(26)22-13-16-15-27-19-7-3-4-8-20(19)28-16/h1-8,16,25H,9-15H2,(H,22,26)/t16-/m0/s1. The number of fused-ring (bicyclic) bond motifs is 1. The van der Waals surface area contributed by atoms with Gasteiger partial charge in [0.2, 0.25) is 5.91 Å². The number of aromatic hydroxyl groups is 1. The molecule has 2 aliphatic heterocycles. The van der Waals surface area contributed by atoms with Gasteiger partial charge in [0, 0.05) is 26.2 Å². The number of ether oxygens (including phenoxy) is 2. The lowest BCUT2D eigenvalue weighted by Crippen LogP contribution is -2.50. The van der Waals surface area contributed by atoms with Crippen molar-refractivity contribution in [3.8, 4) is 17.2 Å². The second-order valence-corrected chi connectivity index (χ2v) is 7.05. The van der Waals surface area contributed by atoms with Gasteiger partial charge in [-0.05, 0) is 24.3 Å². The molecule has 0 bridgehead atoms. The highest BCUT2D eigenvalue weighted by Gasteiger charge is 2.23. The van der Waals surface area contributed by atoms with Crippen LogP contribution in [0.4, 0.5) is 5.69 Å². The van der Waals surface area contributed by atoms with E-state index in [1.165, 1.54) is 0 Å². The molecule has 0 unspecified atom stereocenters. The van der Waals surface area contributed by atoms with Crippen molar-refractivity contribution in [3.63, 3.8) is 0 Å². The Morgan fingerprint density at radius 1 is 1.04 bits per heavy atom. The number of carbonyl (C=O) groups is 1. The van der Waals surface area contributed by atoms with Gasteiger partial charge >= 0.3 is 0 Å². The van der Waals surface area contributed by atoms with E-state index >= 15 is 0 Å². The Labute approximate surface area is 164 Å². The van der Waals surface area contributed by atoms with Crippen LogP contribution < -0.4 is 19.7 Å². The maximum Gasteiger partial charge on any atom is 0.234 e. The minimum Gasteiger partial charge on any atom is -0.506 e.